The molecule has 0 aliphatic carbocycles. The zero-order chi connectivity index (χ0) is 13.4. The van der Waals surface area contributed by atoms with E-state index in [9.17, 15) is 9.90 Å². The number of phenols is 1. The Morgan fingerprint density at radius 3 is 2.63 bits per heavy atom. The molecule has 0 spiro atoms. The summed E-state index contributed by atoms with van der Waals surface area (Å²) in [6.45, 7) is 1.96. The molecular formula is C16H14O3. The van der Waals surface area contributed by atoms with Crippen molar-refractivity contribution in [2.75, 3.05) is 0 Å². The van der Waals surface area contributed by atoms with Crippen LogP contribution in [0.2, 0.25) is 0 Å². The van der Waals surface area contributed by atoms with Gasteiger partial charge in [0.25, 0.3) is 0 Å². The van der Waals surface area contributed by atoms with Crippen LogP contribution in [-0.2, 0) is 0 Å². The van der Waals surface area contributed by atoms with Gasteiger partial charge in [0.15, 0.2) is 5.78 Å². The fraction of sp³-hybridized carbons (Fsp3) is 0.188. The Bertz CT molecular complexity index is 629. The summed E-state index contributed by atoms with van der Waals surface area (Å²) in [6, 6.07) is 12.4. The number of carbonyl (C=O) groups excluding carboxylic acids is 1. The molecule has 0 amide bonds. The third-order valence-corrected chi connectivity index (χ3v) is 3.34. The van der Waals surface area contributed by atoms with Crippen molar-refractivity contribution in [2.45, 2.75) is 19.4 Å². The van der Waals surface area contributed by atoms with E-state index in [0.717, 1.165) is 11.1 Å². The first-order chi connectivity index (χ1) is 9.13. The van der Waals surface area contributed by atoms with Gasteiger partial charge < -0.3 is 9.84 Å². The Morgan fingerprint density at radius 2 is 1.89 bits per heavy atom. The van der Waals surface area contributed by atoms with Crippen molar-refractivity contribution in [3.8, 4) is 11.5 Å². The Balaban J connectivity index is 1.95. The van der Waals surface area contributed by atoms with Crippen LogP contribution >= 0.6 is 0 Å². The third-order valence-electron chi connectivity index (χ3n) is 3.34. The zero-order valence-electron chi connectivity index (χ0n) is 10.6. The largest absolute Gasteiger partial charge is 0.508 e. The Morgan fingerprint density at radius 1 is 1.16 bits per heavy atom. The Labute approximate surface area is 111 Å². The first-order valence-electron chi connectivity index (χ1n) is 6.23. The highest BCUT2D eigenvalue weighted by Crippen LogP contribution is 2.35. The van der Waals surface area contributed by atoms with Crippen LogP contribution in [-0.4, -0.2) is 10.9 Å². The summed E-state index contributed by atoms with van der Waals surface area (Å²) in [6.07, 6.45) is 0.0598. The topological polar surface area (TPSA) is 46.5 Å². The van der Waals surface area contributed by atoms with E-state index in [-0.39, 0.29) is 17.6 Å². The lowest BCUT2D eigenvalue weighted by atomic mass is 9.95. The molecule has 2 aromatic rings. The first kappa shape index (κ1) is 11.8. The number of Topliss-reactive ketones (excluding diaryl/α,β-unsaturated/α-hetero) is 1. The number of hydrogen-bond donors (Lipinski definition) is 1. The van der Waals surface area contributed by atoms with Crippen LogP contribution in [0, 0.1) is 6.92 Å². The van der Waals surface area contributed by atoms with Crippen molar-refractivity contribution in [3.05, 3.63) is 59.2 Å². The third kappa shape index (κ3) is 2.19. The number of fused-ring (bicyclic) bond motifs is 1. The van der Waals surface area contributed by atoms with Crippen molar-refractivity contribution in [1.82, 2.24) is 0 Å². The quantitative estimate of drug-likeness (QED) is 0.848. The van der Waals surface area contributed by atoms with Crippen LogP contribution in [0.5, 0.6) is 11.5 Å². The summed E-state index contributed by atoms with van der Waals surface area (Å²) >= 11 is 0. The number of benzene rings is 2. The number of ketones is 1. The maximum absolute atomic E-state index is 12.2. The van der Waals surface area contributed by atoms with E-state index in [1.54, 1.807) is 24.3 Å². The molecule has 1 atom stereocenters. The highest BCUT2D eigenvalue weighted by Gasteiger charge is 2.27. The van der Waals surface area contributed by atoms with E-state index in [0.29, 0.717) is 17.7 Å². The van der Waals surface area contributed by atoms with Gasteiger partial charge in [-0.05, 0) is 36.8 Å². The van der Waals surface area contributed by atoms with Gasteiger partial charge in [-0.2, -0.15) is 0 Å². The Kier molecular flexibility index (Phi) is 2.75. The molecule has 96 valence electrons. The zero-order valence-corrected chi connectivity index (χ0v) is 10.6. The van der Waals surface area contributed by atoms with E-state index in [4.69, 9.17) is 4.74 Å². The molecule has 1 heterocycles. The number of aromatic hydroxyl groups is 1. The fourth-order valence-electron chi connectivity index (χ4n) is 2.31. The van der Waals surface area contributed by atoms with Gasteiger partial charge in [0, 0.05) is 0 Å². The van der Waals surface area contributed by atoms with Crippen molar-refractivity contribution >= 4 is 5.78 Å². The van der Waals surface area contributed by atoms with Gasteiger partial charge in [-0.15, -0.1) is 0 Å². The minimum atomic E-state index is -0.275. The summed E-state index contributed by atoms with van der Waals surface area (Å²) in [5.74, 6) is 0.949. The maximum atomic E-state index is 12.2. The SMILES string of the molecule is Cc1ccc2c(c1)C(=O)CC(c1ccc(O)cc1)O2. The maximum Gasteiger partial charge on any atom is 0.170 e. The van der Waals surface area contributed by atoms with Gasteiger partial charge in [-0.3, -0.25) is 4.79 Å². The van der Waals surface area contributed by atoms with Crippen LogP contribution in [0.3, 0.4) is 0 Å². The van der Waals surface area contributed by atoms with E-state index >= 15 is 0 Å². The molecule has 19 heavy (non-hydrogen) atoms. The van der Waals surface area contributed by atoms with Gasteiger partial charge in [-0.25, -0.2) is 0 Å². The second-order valence-corrected chi connectivity index (χ2v) is 4.82. The smallest absolute Gasteiger partial charge is 0.170 e. The van der Waals surface area contributed by atoms with Crippen molar-refractivity contribution in [3.63, 3.8) is 0 Å². The van der Waals surface area contributed by atoms with Crippen LogP contribution in [0.25, 0.3) is 0 Å². The second-order valence-electron chi connectivity index (χ2n) is 4.82. The standard InChI is InChI=1S/C16H14O3/c1-10-2-7-15-13(8-10)14(18)9-16(19-15)11-3-5-12(17)6-4-11/h2-8,16-17H,9H2,1H3. The average molecular weight is 254 g/mol. The molecule has 0 bridgehead atoms. The highest BCUT2D eigenvalue weighted by atomic mass is 16.5. The monoisotopic (exact) mass is 254 g/mol. The fourth-order valence-corrected chi connectivity index (χ4v) is 2.31. The van der Waals surface area contributed by atoms with E-state index < -0.39 is 0 Å². The lowest BCUT2D eigenvalue weighted by Gasteiger charge is -2.25. The van der Waals surface area contributed by atoms with E-state index in [2.05, 4.69) is 0 Å². The molecule has 1 N–H and O–H groups in total. The van der Waals surface area contributed by atoms with Gasteiger partial charge in [-0.1, -0.05) is 23.8 Å². The van der Waals surface area contributed by atoms with Crippen LogP contribution in [0.1, 0.15) is 34.0 Å². The van der Waals surface area contributed by atoms with Gasteiger partial charge in [0.1, 0.15) is 17.6 Å². The normalized spacial score (nSPS) is 17.7. The Hall–Kier alpha value is -2.29. The van der Waals surface area contributed by atoms with Crippen LogP contribution < -0.4 is 4.74 Å². The summed E-state index contributed by atoms with van der Waals surface area (Å²) in [4.78, 5) is 12.2. The minimum absolute atomic E-state index is 0.100. The lowest BCUT2D eigenvalue weighted by Crippen LogP contribution is -2.20. The van der Waals surface area contributed by atoms with Crippen molar-refractivity contribution < 1.29 is 14.6 Å². The van der Waals surface area contributed by atoms with Crippen molar-refractivity contribution in [1.29, 1.82) is 0 Å². The predicted molar refractivity (Wildman–Crippen MR) is 71.6 cm³/mol. The number of hydrogen-bond acceptors (Lipinski definition) is 3. The number of phenolic OH excluding ortho intramolecular Hbond substituents is 1. The molecule has 0 fully saturated rings. The summed E-state index contributed by atoms with van der Waals surface area (Å²) in [5, 5.41) is 9.29. The van der Waals surface area contributed by atoms with Crippen molar-refractivity contribution in [2.24, 2.45) is 0 Å². The molecule has 0 radical (unpaired) electrons. The van der Waals surface area contributed by atoms with Gasteiger partial charge >= 0.3 is 0 Å². The number of aryl methyl sites for hydroxylation is 1. The first-order valence-corrected chi connectivity index (χ1v) is 6.23. The van der Waals surface area contributed by atoms with Gasteiger partial charge in [0.05, 0.1) is 12.0 Å². The lowest BCUT2D eigenvalue weighted by molar-refractivity contribution is 0.0850. The van der Waals surface area contributed by atoms with Crippen LogP contribution in [0.15, 0.2) is 42.5 Å². The molecule has 1 unspecified atom stereocenters. The molecule has 3 heteroatoms. The van der Waals surface area contributed by atoms with Crippen LogP contribution in [0.4, 0.5) is 0 Å². The molecule has 0 saturated carbocycles. The highest BCUT2D eigenvalue weighted by molar-refractivity contribution is 6.00. The molecule has 1 aliphatic heterocycles. The van der Waals surface area contributed by atoms with E-state index in [1.165, 1.54) is 0 Å². The summed E-state index contributed by atoms with van der Waals surface area (Å²) in [7, 11) is 0. The molecule has 1 aliphatic rings. The molecule has 3 rings (SSSR count). The number of rotatable bonds is 1. The number of carbonyl (C=O) groups is 1. The predicted octanol–water partition coefficient (Wildman–Crippen LogP) is 3.41. The molecule has 3 nitrogen and oxygen atoms in total. The second kappa shape index (κ2) is 4.43. The minimum Gasteiger partial charge on any atom is -0.508 e. The summed E-state index contributed by atoms with van der Waals surface area (Å²) < 4.78 is 5.88. The van der Waals surface area contributed by atoms with Gasteiger partial charge in [0.2, 0.25) is 0 Å². The molecule has 0 aromatic heterocycles. The molecule has 2 aromatic carbocycles. The number of ether oxygens (including phenoxy) is 1. The molecular weight excluding hydrogens is 240 g/mol. The summed E-state index contributed by atoms with van der Waals surface area (Å²) in [5.41, 5.74) is 2.62. The average Bonchev–Trinajstić information content (AvgIpc) is 2.40. The van der Waals surface area contributed by atoms with E-state index in [1.807, 2.05) is 25.1 Å². The molecule has 0 saturated heterocycles.